The van der Waals surface area contributed by atoms with Crippen molar-refractivity contribution in [1.82, 2.24) is 0 Å². The maximum atomic E-state index is 2.29. The van der Waals surface area contributed by atoms with Crippen molar-refractivity contribution in [3.05, 3.63) is 70.8 Å². The molecule has 0 bridgehead atoms. The van der Waals surface area contributed by atoms with Crippen LogP contribution in [-0.2, 0) is 6.42 Å². The number of benzene rings is 2. The Morgan fingerprint density at radius 1 is 0.833 bits per heavy atom. The van der Waals surface area contributed by atoms with E-state index in [-0.39, 0.29) is 0 Å². The topological polar surface area (TPSA) is 0 Å². The average Bonchev–Trinajstić information content (AvgIpc) is 2.41. The predicted octanol–water partition coefficient (Wildman–Crippen LogP) is 5.10. The second kappa shape index (κ2) is 5.86. The van der Waals surface area contributed by atoms with Crippen LogP contribution >= 0.6 is 0 Å². The third kappa shape index (κ3) is 3.22. The molecule has 2 aromatic carbocycles. The number of hydrogen-bond acceptors (Lipinski definition) is 0. The molecule has 1 atom stereocenters. The van der Waals surface area contributed by atoms with Gasteiger partial charge < -0.3 is 0 Å². The molecule has 0 saturated heterocycles. The second-order valence-electron chi connectivity index (χ2n) is 5.21. The highest BCUT2D eigenvalue weighted by molar-refractivity contribution is 5.31. The molecule has 0 heteroatoms. The molecule has 0 nitrogen and oxygen atoms in total. The molecule has 0 spiro atoms. The summed E-state index contributed by atoms with van der Waals surface area (Å²) in [7, 11) is 0. The largest absolute Gasteiger partial charge is 0.0648 e. The normalized spacial score (nSPS) is 12.4. The van der Waals surface area contributed by atoms with Gasteiger partial charge >= 0.3 is 0 Å². The van der Waals surface area contributed by atoms with Crippen molar-refractivity contribution >= 4 is 0 Å². The molecule has 1 unspecified atom stereocenters. The van der Waals surface area contributed by atoms with Crippen LogP contribution in [0.4, 0.5) is 0 Å². The van der Waals surface area contributed by atoms with E-state index in [0.717, 1.165) is 6.42 Å². The van der Waals surface area contributed by atoms with Crippen LogP contribution in [0.1, 0.15) is 48.4 Å². The Morgan fingerprint density at radius 3 is 1.83 bits per heavy atom. The molecule has 2 aromatic rings. The Labute approximate surface area is 111 Å². The molecular formula is C18H22. The highest BCUT2D eigenvalue weighted by Crippen LogP contribution is 2.20. The van der Waals surface area contributed by atoms with Gasteiger partial charge in [-0.25, -0.2) is 0 Å². The van der Waals surface area contributed by atoms with Gasteiger partial charge in [-0.05, 0) is 42.4 Å². The zero-order chi connectivity index (χ0) is 13.0. The number of aryl methyl sites for hydroxylation is 1. The van der Waals surface area contributed by atoms with Gasteiger partial charge in [0.2, 0.25) is 0 Å². The van der Waals surface area contributed by atoms with Crippen LogP contribution in [0.3, 0.4) is 0 Å². The fourth-order valence-corrected chi connectivity index (χ4v) is 2.14. The van der Waals surface area contributed by atoms with E-state index < -0.39 is 0 Å². The molecule has 0 amide bonds. The Kier molecular flexibility index (Phi) is 4.19. The maximum absolute atomic E-state index is 2.29. The van der Waals surface area contributed by atoms with Crippen molar-refractivity contribution in [3.8, 4) is 0 Å². The lowest BCUT2D eigenvalue weighted by atomic mass is 9.96. The monoisotopic (exact) mass is 238 g/mol. The van der Waals surface area contributed by atoms with Crippen molar-refractivity contribution in [2.45, 2.75) is 39.5 Å². The quantitative estimate of drug-likeness (QED) is 0.695. The van der Waals surface area contributed by atoms with Crippen LogP contribution in [0.2, 0.25) is 0 Å². The minimum atomic E-state index is 0.665. The predicted molar refractivity (Wildman–Crippen MR) is 79.1 cm³/mol. The molecule has 0 N–H and O–H groups in total. The second-order valence-corrected chi connectivity index (χ2v) is 5.21. The summed E-state index contributed by atoms with van der Waals surface area (Å²) in [6.07, 6.45) is 2.23. The highest BCUT2D eigenvalue weighted by Gasteiger charge is 2.02. The molecule has 0 aliphatic carbocycles. The molecule has 0 heterocycles. The molecule has 18 heavy (non-hydrogen) atoms. The zero-order valence-corrected chi connectivity index (χ0v) is 11.6. The first-order valence-electron chi connectivity index (χ1n) is 6.83. The fraction of sp³-hybridized carbons (Fsp3) is 0.333. The standard InChI is InChI=1S/C18H22/c1-4-15(3)18-11-9-17(10-12-18)13-16-7-5-14(2)6-8-16/h5-12,15H,4,13H2,1-3H3. The van der Waals surface area contributed by atoms with Crippen molar-refractivity contribution in [3.63, 3.8) is 0 Å². The van der Waals surface area contributed by atoms with Gasteiger partial charge in [-0.3, -0.25) is 0 Å². The average molecular weight is 238 g/mol. The Morgan fingerprint density at radius 2 is 1.33 bits per heavy atom. The van der Waals surface area contributed by atoms with Crippen LogP contribution < -0.4 is 0 Å². The van der Waals surface area contributed by atoms with E-state index in [2.05, 4.69) is 69.3 Å². The Balaban J connectivity index is 2.08. The summed E-state index contributed by atoms with van der Waals surface area (Å²) < 4.78 is 0. The van der Waals surface area contributed by atoms with Gasteiger partial charge in [0.15, 0.2) is 0 Å². The molecule has 0 aliphatic rings. The van der Waals surface area contributed by atoms with Crippen LogP contribution in [0.5, 0.6) is 0 Å². The third-order valence-corrected chi connectivity index (χ3v) is 3.69. The molecule has 0 radical (unpaired) electrons. The lowest BCUT2D eigenvalue weighted by Gasteiger charge is -2.10. The molecule has 2 rings (SSSR count). The van der Waals surface area contributed by atoms with Gasteiger partial charge in [0.1, 0.15) is 0 Å². The van der Waals surface area contributed by atoms with Crippen LogP contribution in [0.25, 0.3) is 0 Å². The first-order chi connectivity index (χ1) is 8.69. The SMILES string of the molecule is CCC(C)c1ccc(Cc2ccc(C)cc2)cc1. The molecule has 0 saturated carbocycles. The summed E-state index contributed by atoms with van der Waals surface area (Å²) in [5.41, 5.74) is 5.55. The van der Waals surface area contributed by atoms with Gasteiger partial charge in [-0.1, -0.05) is 67.9 Å². The molecule has 0 aliphatic heterocycles. The van der Waals surface area contributed by atoms with E-state index in [9.17, 15) is 0 Å². The maximum Gasteiger partial charge on any atom is -0.00258 e. The summed E-state index contributed by atoms with van der Waals surface area (Å²) in [5, 5.41) is 0. The zero-order valence-electron chi connectivity index (χ0n) is 11.6. The van der Waals surface area contributed by atoms with Crippen molar-refractivity contribution in [1.29, 1.82) is 0 Å². The molecule has 0 fully saturated rings. The van der Waals surface area contributed by atoms with E-state index >= 15 is 0 Å². The van der Waals surface area contributed by atoms with E-state index in [1.54, 1.807) is 0 Å². The molecule has 94 valence electrons. The third-order valence-electron chi connectivity index (χ3n) is 3.69. The van der Waals surface area contributed by atoms with Crippen LogP contribution in [-0.4, -0.2) is 0 Å². The van der Waals surface area contributed by atoms with E-state index in [0.29, 0.717) is 5.92 Å². The van der Waals surface area contributed by atoms with Crippen molar-refractivity contribution in [2.24, 2.45) is 0 Å². The summed E-state index contributed by atoms with van der Waals surface area (Å²) in [5.74, 6) is 0.665. The molecule has 0 aromatic heterocycles. The minimum absolute atomic E-state index is 0.665. The van der Waals surface area contributed by atoms with E-state index in [1.165, 1.54) is 28.7 Å². The number of rotatable bonds is 4. The van der Waals surface area contributed by atoms with Gasteiger partial charge in [0.05, 0.1) is 0 Å². The van der Waals surface area contributed by atoms with Crippen molar-refractivity contribution in [2.75, 3.05) is 0 Å². The highest BCUT2D eigenvalue weighted by atomic mass is 14.1. The fourth-order valence-electron chi connectivity index (χ4n) is 2.14. The van der Waals surface area contributed by atoms with E-state index in [1.807, 2.05) is 0 Å². The van der Waals surface area contributed by atoms with Crippen LogP contribution in [0.15, 0.2) is 48.5 Å². The first-order valence-corrected chi connectivity index (χ1v) is 6.83. The van der Waals surface area contributed by atoms with Crippen molar-refractivity contribution < 1.29 is 0 Å². The lowest BCUT2D eigenvalue weighted by Crippen LogP contribution is -1.93. The smallest absolute Gasteiger partial charge is 0.00258 e. The Bertz CT molecular complexity index is 476. The number of hydrogen-bond donors (Lipinski definition) is 0. The lowest BCUT2D eigenvalue weighted by molar-refractivity contribution is 0.733. The van der Waals surface area contributed by atoms with Crippen LogP contribution in [0, 0.1) is 6.92 Å². The summed E-state index contributed by atoms with van der Waals surface area (Å²) >= 11 is 0. The van der Waals surface area contributed by atoms with Gasteiger partial charge in [-0.2, -0.15) is 0 Å². The first kappa shape index (κ1) is 12.9. The summed E-state index contributed by atoms with van der Waals surface area (Å²) in [6, 6.07) is 17.9. The minimum Gasteiger partial charge on any atom is -0.0648 e. The molecular weight excluding hydrogens is 216 g/mol. The summed E-state index contributed by atoms with van der Waals surface area (Å²) in [6.45, 7) is 6.66. The van der Waals surface area contributed by atoms with E-state index in [4.69, 9.17) is 0 Å². The summed E-state index contributed by atoms with van der Waals surface area (Å²) in [4.78, 5) is 0. The van der Waals surface area contributed by atoms with Gasteiger partial charge in [-0.15, -0.1) is 0 Å². The van der Waals surface area contributed by atoms with Gasteiger partial charge in [0, 0.05) is 0 Å². The van der Waals surface area contributed by atoms with Gasteiger partial charge in [0.25, 0.3) is 0 Å². The Hall–Kier alpha value is -1.56.